The van der Waals surface area contributed by atoms with Crippen molar-refractivity contribution in [1.82, 2.24) is 10.6 Å². The van der Waals surface area contributed by atoms with Crippen molar-refractivity contribution < 1.29 is 14.3 Å². The summed E-state index contributed by atoms with van der Waals surface area (Å²) in [5, 5.41) is 15.9. The number of hydrogen-bond donors (Lipinski definition) is 3. The van der Waals surface area contributed by atoms with E-state index >= 15 is 0 Å². The predicted molar refractivity (Wildman–Crippen MR) is 89.2 cm³/mol. The Hall–Kier alpha value is -1.17. The van der Waals surface area contributed by atoms with Gasteiger partial charge in [-0.05, 0) is 30.5 Å². The number of halogens is 2. The Bertz CT molecular complexity index is 549. The molecule has 2 atom stereocenters. The van der Waals surface area contributed by atoms with Crippen LogP contribution in [0.5, 0.6) is 0 Å². The van der Waals surface area contributed by atoms with Crippen molar-refractivity contribution >= 4 is 18.3 Å². The first-order chi connectivity index (χ1) is 10.6. The number of β-amino-alcohol motifs (C(OH)–C–C–N with tert-alkyl or cyclic N) is 1. The zero-order chi connectivity index (χ0) is 15.6. The summed E-state index contributed by atoms with van der Waals surface area (Å²) in [6.07, 6.45) is 3.07. The fourth-order valence-electron chi connectivity index (χ4n) is 3.73. The van der Waals surface area contributed by atoms with Crippen LogP contribution in [0, 0.1) is 11.7 Å². The highest BCUT2D eigenvalue weighted by molar-refractivity contribution is 5.88. The topological polar surface area (TPSA) is 61.4 Å². The van der Waals surface area contributed by atoms with Gasteiger partial charge in [-0.2, -0.15) is 0 Å². The third-order valence-electron chi connectivity index (χ3n) is 5.10. The van der Waals surface area contributed by atoms with Crippen LogP contribution in [0.2, 0.25) is 0 Å². The number of aliphatic hydroxyl groups excluding tert-OH is 1. The van der Waals surface area contributed by atoms with Crippen LogP contribution >= 0.6 is 12.4 Å². The van der Waals surface area contributed by atoms with E-state index in [0.717, 1.165) is 31.2 Å². The van der Waals surface area contributed by atoms with Crippen molar-refractivity contribution in [3.63, 3.8) is 0 Å². The zero-order valence-corrected chi connectivity index (χ0v) is 13.9. The van der Waals surface area contributed by atoms with Crippen LogP contribution in [0.25, 0.3) is 0 Å². The molecular weight excluding hydrogens is 319 g/mol. The maximum atomic E-state index is 13.6. The monoisotopic (exact) mass is 342 g/mol. The molecule has 1 aliphatic carbocycles. The summed E-state index contributed by atoms with van der Waals surface area (Å²) in [6.45, 7) is 1.76. The maximum Gasteiger partial charge on any atom is 0.230 e. The van der Waals surface area contributed by atoms with Crippen LogP contribution in [0.3, 0.4) is 0 Å². The second kappa shape index (κ2) is 7.60. The smallest absolute Gasteiger partial charge is 0.230 e. The van der Waals surface area contributed by atoms with E-state index in [-0.39, 0.29) is 30.0 Å². The molecule has 0 bridgehead atoms. The third-order valence-corrected chi connectivity index (χ3v) is 5.10. The van der Waals surface area contributed by atoms with E-state index < -0.39 is 11.5 Å². The quantitative estimate of drug-likeness (QED) is 0.781. The molecule has 2 unspecified atom stereocenters. The summed E-state index contributed by atoms with van der Waals surface area (Å²) in [4.78, 5) is 12.8. The number of benzene rings is 1. The molecule has 0 radical (unpaired) electrons. The summed E-state index contributed by atoms with van der Waals surface area (Å²) in [5.41, 5.74) is 0.159. The van der Waals surface area contributed by atoms with Gasteiger partial charge in [-0.25, -0.2) is 4.39 Å². The summed E-state index contributed by atoms with van der Waals surface area (Å²) >= 11 is 0. The van der Waals surface area contributed by atoms with Crippen LogP contribution in [-0.2, 0) is 10.2 Å². The van der Waals surface area contributed by atoms with E-state index in [0.29, 0.717) is 19.6 Å². The summed E-state index contributed by atoms with van der Waals surface area (Å²) in [7, 11) is 0. The van der Waals surface area contributed by atoms with Crippen molar-refractivity contribution in [2.45, 2.75) is 37.2 Å². The Morgan fingerprint density at radius 3 is 2.70 bits per heavy atom. The average molecular weight is 343 g/mol. The zero-order valence-electron chi connectivity index (χ0n) is 13.1. The molecule has 23 heavy (non-hydrogen) atoms. The fourth-order valence-corrected chi connectivity index (χ4v) is 3.73. The number of amides is 1. The second-order valence-corrected chi connectivity index (χ2v) is 6.50. The van der Waals surface area contributed by atoms with Crippen LogP contribution in [0.4, 0.5) is 4.39 Å². The van der Waals surface area contributed by atoms with Crippen molar-refractivity contribution in [3.05, 3.63) is 35.6 Å². The van der Waals surface area contributed by atoms with Gasteiger partial charge >= 0.3 is 0 Å². The molecule has 1 aliphatic heterocycles. The number of aliphatic hydroxyl groups is 1. The van der Waals surface area contributed by atoms with Crippen LogP contribution < -0.4 is 10.6 Å². The summed E-state index contributed by atoms with van der Waals surface area (Å²) in [6, 6.07) is 6.41. The minimum absolute atomic E-state index is 0. The molecule has 1 saturated carbocycles. The van der Waals surface area contributed by atoms with Crippen molar-refractivity contribution in [2.75, 3.05) is 19.6 Å². The summed E-state index contributed by atoms with van der Waals surface area (Å²) < 4.78 is 13.6. The van der Waals surface area contributed by atoms with Crippen molar-refractivity contribution in [2.24, 2.45) is 5.92 Å². The predicted octanol–water partition coefficient (Wildman–Crippen LogP) is 1.76. The van der Waals surface area contributed by atoms with E-state index in [4.69, 9.17) is 0 Å². The van der Waals surface area contributed by atoms with Gasteiger partial charge in [0, 0.05) is 25.6 Å². The van der Waals surface area contributed by atoms with Crippen LogP contribution in [0.15, 0.2) is 24.3 Å². The Morgan fingerprint density at radius 2 is 2.09 bits per heavy atom. The molecule has 1 amide bonds. The van der Waals surface area contributed by atoms with Crippen molar-refractivity contribution in [3.8, 4) is 0 Å². The molecule has 6 heteroatoms. The largest absolute Gasteiger partial charge is 0.391 e. The van der Waals surface area contributed by atoms with E-state index in [1.807, 2.05) is 6.07 Å². The highest BCUT2D eigenvalue weighted by Gasteiger charge is 2.43. The highest BCUT2D eigenvalue weighted by Crippen LogP contribution is 2.41. The Morgan fingerprint density at radius 1 is 1.35 bits per heavy atom. The number of carbonyl (C=O) groups excluding carboxylic acids is 1. The van der Waals surface area contributed by atoms with Crippen LogP contribution in [0.1, 0.15) is 31.2 Å². The van der Waals surface area contributed by atoms with Gasteiger partial charge in [-0.3, -0.25) is 4.79 Å². The molecule has 3 N–H and O–H groups in total. The molecule has 0 spiro atoms. The number of rotatable bonds is 4. The molecule has 4 nitrogen and oxygen atoms in total. The molecule has 3 rings (SSSR count). The molecule has 2 fully saturated rings. The molecule has 128 valence electrons. The van der Waals surface area contributed by atoms with Gasteiger partial charge in [0.1, 0.15) is 5.82 Å². The first-order valence-corrected chi connectivity index (χ1v) is 8.05. The van der Waals surface area contributed by atoms with Gasteiger partial charge in [0.25, 0.3) is 0 Å². The number of nitrogens with one attached hydrogen (secondary N) is 2. The Labute approximate surface area is 142 Å². The lowest BCUT2D eigenvalue weighted by atomic mass is 9.78. The Kier molecular flexibility index (Phi) is 6.00. The minimum atomic E-state index is -0.612. The SMILES string of the molecule is Cl.O=C(NCC1CNCC1O)C1(c2cccc(F)c2)CCCC1. The van der Waals surface area contributed by atoms with E-state index in [9.17, 15) is 14.3 Å². The molecule has 1 saturated heterocycles. The van der Waals surface area contributed by atoms with E-state index in [1.165, 1.54) is 12.1 Å². The van der Waals surface area contributed by atoms with E-state index in [2.05, 4.69) is 10.6 Å². The van der Waals surface area contributed by atoms with Crippen molar-refractivity contribution in [1.29, 1.82) is 0 Å². The lowest BCUT2D eigenvalue weighted by molar-refractivity contribution is -0.126. The normalized spacial score (nSPS) is 25.8. The minimum Gasteiger partial charge on any atom is -0.391 e. The number of hydrogen-bond acceptors (Lipinski definition) is 3. The first-order valence-electron chi connectivity index (χ1n) is 8.05. The molecule has 1 aromatic rings. The highest BCUT2D eigenvalue weighted by atomic mass is 35.5. The van der Waals surface area contributed by atoms with Gasteiger partial charge in [-0.15, -0.1) is 12.4 Å². The fraction of sp³-hybridized carbons (Fsp3) is 0.588. The van der Waals surface area contributed by atoms with Crippen LogP contribution in [-0.4, -0.2) is 36.8 Å². The first kappa shape index (κ1) is 18.2. The summed E-state index contributed by atoms with van der Waals surface area (Å²) in [5.74, 6) is -0.281. The van der Waals surface area contributed by atoms with Gasteiger partial charge in [-0.1, -0.05) is 25.0 Å². The van der Waals surface area contributed by atoms with Gasteiger partial charge in [0.05, 0.1) is 11.5 Å². The number of carbonyl (C=O) groups is 1. The molecule has 1 aromatic carbocycles. The standard InChI is InChI=1S/C17H23FN2O2.ClH/c18-14-5-3-4-13(8-14)17(6-1-2-7-17)16(22)20-10-12-9-19-11-15(12)21;/h3-5,8,12,15,19,21H,1-2,6-7,9-11H2,(H,20,22);1H. The molecule has 0 aromatic heterocycles. The van der Waals surface area contributed by atoms with Gasteiger partial charge in [0.2, 0.25) is 5.91 Å². The van der Waals surface area contributed by atoms with Gasteiger partial charge in [0.15, 0.2) is 0 Å². The lowest BCUT2D eigenvalue weighted by Gasteiger charge is -2.29. The maximum absolute atomic E-state index is 13.6. The molecule has 1 heterocycles. The lowest BCUT2D eigenvalue weighted by Crippen LogP contribution is -2.45. The molecular formula is C17H24ClFN2O2. The Balaban J connectivity index is 0.00000192. The average Bonchev–Trinajstić information content (AvgIpc) is 3.15. The third kappa shape index (κ3) is 3.67. The van der Waals surface area contributed by atoms with E-state index in [1.54, 1.807) is 6.07 Å². The molecule has 2 aliphatic rings. The second-order valence-electron chi connectivity index (χ2n) is 6.50. The van der Waals surface area contributed by atoms with Gasteiger partial charge < -0.3 is 15.7 Å².